The highest BCUT2D eigenvalue weighted by molar-refractivity contribution is 5.76. The van der Waals surface area contributed by atoms with Gasteiger partial charge < -0.3 is 15.5 Å². The molecule has 4 heteroatoms. The van der Waals surface area contributed by atoms with Crippen LogP contribution >= 0.6 is 0 Å². The molecule has 0 rings (SSSR count). The van der Waals surface area contributed by atoms with Crippen LogP contribution < -0.4 is 5.32 Å². The number of hydrogen-bond donors (Lipinski definition) is 3. The number of aliphatic hydroxyl groups is 2. The molecule has 0 aliphatic rings. The third-order valence-electron chi connectivity index (χ3n) is 12.2. The zero-order chi connectivity index (χ0) is 41.4. The van der Waals surface area contributed by atoms with E-state index in [2.05, 4.69) is 43.5 Å². The van der Waals surface area contributed by atoms with Crippen molar-refractivity contribution in [3.8, 4) is 0 Å². The van der Waals surface area contributed by atoms with E-state index >= 15 is 0 Å². The lowest BCUT2D eigenvalue weighted by molar-refractivity contribution is -0.123. The van der Waals surface area contributed by atoms with E-state index in [0.29, 0.717) is 12.8 Å². The Bertz CT molecular complexity index is 825. The fourth-order valence-corrected chi connectivity index (χ4v) is 8.22. The van der Waals surface area contributed by atoms with Gasteiger partial charge in [0.25, 0.3) is 0 Å². The van der Waals surface area contributed by atoms with Crippen LogP contribution in [0.15, 0.2) is 24.3 Å². The fraction of sp³-hybridized carbons (Fsp3) is 0.906. The smallest absolute Gasteiger partial charge is 0.220 e. The zero-order valence-corrected chi connectivity index (χ0v) is 38.9. The molecule has 0 bridgehead atoms. The molecule has 4 nitrogen and oxygen atoms in total. The molecule has 0 aromatic rings. The number of allylic oxidation sites excluding steroid dienone is 4. The molecule has 0 aliphatic carbocycles. The van der Waals surface area contributed by atoms with Gasteiger partial charge in [-0.15, -0.1) is 0 Å². The Hall–Kier alpha value is -1.13. The first-order valence-corrected chi connectivity index (χ1v) is 26.0. The van der Waals surface area contributed by atoms with Gasteiger partial charge in [-0.2, -0.15) is 0 Å². The van der Waals surface area contributed by atoms with Crippen LogP contribution in [0.3, 0.4) is 0 Å². The van der Waals surface area contributed by atoms with Crippen molar-refractivity contribution >= 4 is 5.91 Å². The summed E-state index contributed by atoms with van der Waals surface area (Å²) >= 11 is 0. The maximum Gasteiger partial charge on any atom is 0.220 e. The molecule has 3 N–H and O–H groups in total. The van der Waals surface area contributed by atoms with Crippen molar-refractivity contribution in [2.75, 3.05) is 6.61 Å². The summed E-state index contributed by atoms with van der Waals surface area (Å²) in [6.07, 6.45) is 64.3. The zero-order valence-electron chi connectivity index (χ0n) is 38.9. The highest BCUT2D eigenvalue weighted by Crippen LogP contribution is 2.17. The quantitative estimate of drug-likeness (QED) is 0.0424. The molecule has 0 aromatic heterocycles. The largest absolute Gasteiger partial charge is 0.394 e. The Morgan fingerprint density at radius 1 is 0.421 bits per heavy atom. The Kier molecular flexibility index (Phi) is 48.3. The van der Waals surface area contributed by atoms with Crippen molar-refractivity contribution < 1.29 is 15.0 Å². The average molecular weight is 802 g/mol. The van der Waals surface area contributed by atoms with Crippen LogP contribution in [0.2, 0.25) is 0 Å². The van der Waals surface area contributed by atoms with Gasteiger partial charge in [0.15, 0.2) is 0 Å². The molecule has 1 amide bonds. The molecular weight excluding hydrogens is 699 g/mol. The molecule has 0 heterocycles. The number of carbonyl (C=O) groups excluding carboxylic acids is 1. The number of rotatable bonds is 48. The van der Waals surface area contributed by atoms with Crippen LogP contribution in [0.4, 0.5) is 0 Å². The maximum absolute atomic E-state index is 12.5. The molecular formula is C53H103NO3. The van der Waals surface area contributed by atoms with E-state index in [0.717, 1.165) is 32.1 Å². The van der Waals surface area contributed by atoms with E-state index in [1.54, 1.807) is 0 Å². The molecule has 2 atom stereocenters. The summed E-state index contributed by atoms with van der Waals surface area (Å²) in [5.41, 5.74) is 0. The maximum atomic E-state index is 12.5. The third-order valence-corrected chi connectivity index (χ3v) is 12.2. The number of carbonyl (C=O) groups is 1. The first-order valence-electron chi connectivity index (χ1n) is 26.0. The van der Waals surface area contributed by atoms with Crippen LogP contribution in [-0.2, 0) is 4.79 Å². The van der Waals surface area contributed by atoms with Crippen LogP contribution in [-0.4, -0.2) is 34.9 Å². The molecule has 0 saturated carbocycles. The summed E-state index contributed by atoms with van der Waals surface area (Å²) in [7, 11) is 0. The van der Waals surface area contributed by atoms with Crippen LogP contribution in [0.25, 0.3) is 0 Å². The van der Waals surface area contributed by atoms with Crippen molar-refractivity contribution in [1.29, 1.82) is 0 Å². The van der Waals surface area contributed by atoms with Gasteiger partial charge in [0, 0.05) is 6.42 Å². The monoisotopic (exact) mass is 802 g/mol. The number of nitrogens with one attached hydrogen (secondary N) is 1. The second kappa shape index (κ2) is 49.2. The van der Waals surface area contributed by atoms with Gasteiger partial charge in [-0.05, 0) is 44.9 Å². The standard InChI is InChI=1S/C53H103NO3/c1-3-5-7-9-11-13-15-17-19-21-23-24-25-26-27-28-29-30-31-33-35-37-39-41-43-45-47-49-53(57)54-51(50-55)52(56)48-46-44-42-40-38-36-34-32-22-20-18-16-14-12-10-8-6-4-2/h15,17,21,23,51-52,55-56H,3-14,16,18-20,22,24-50H2,1-2H3,(H,54,57)/b17-15-,23-21-. The first-order chi connectivity index (χ1) is 28.2. The highest BCUT2D eigenvalue weighted by atomic mass is 16.3. The minimum atomic E-state index is -0.657. The lowest BCUT2D eigenvalue weighted by atomic mass is 10.0. The van der Waals surface area contributed by atoms with E-state index in [4.69, 9.17) is 0 Å². The SMILES string of the molecule is CCCCCCC/C=C\C/C=C\CCCCCCCCCCCCCCCCCC(=O)NC(CO)C(O)CCCCCCCCCCCCCCCCCCCC. The normalized spacial score (nSPS) is 13.0. The van der Waals surface area contributed by atoms with Gasteiger partial charge in [-0.3, -0.25) is 4.79 Å². The Labute approximate surface area is 358 Å². The minimum Gasteiger partial charge on any atom is -0.394 e. The van der Waals surface area contributed by atoms with Gasteiger partial charge >= 0.3 is 0 Å². The molecule has 57 heavy (non-hydrogen) atoms. The van der Waals surface area contributed by atoms with E-state index in [9.17, 15) is 15.0 Å². The Morgan fingerprint density at radius 2 is 0.719 bits per heavy atom. The lowest BCUT2D eigenvalue weighted by Gasteiger charge is -2.22. The first kappa shape index (κ1) is 55.9. The van der Waals surface area contributed by atoms with Gasteiger partial charge in [-0.1, -0.05) is 263 Å². The van der Waals surface area contributed by atoms with E-state index in [1.165, 1.54) is 231 Å². The van der Waals surface area contributed by atoms with Gasteiger partial charge in [-0.25, -0.2) is 0 Å². The van der Waals surface area contributed by atoms with Crippen LogP contribution in [0, 0.1) is 0 Å². The van der Waals surface area contributed by atoms with Crippen molar-refractivity contribution in [2.24, 2.45) is 0 Å². The molecule has 338 valence electrons. The predicted molar refractivity (Wildman–Crippen MR) is 253 cm³/mol. The van der Waals surface area contributed by atoms with Crippen LogP contribution in [0.1, 0.15) is 290 Å². The predicted octanol–water partition coefficient (Wildman–Crippen LogP) is 16.8. The molecule has 0 aromatic carbocycles. The lowest BCUT2D eigenvalue weighted by Crippen LogP contribution is -2.45. The molecule has 0 radical (unpaired) electrons. The molecule has 0 fully saturated rings. The molecule has 0 aliphatic heterocycles. The average Bonchev–Trinajstić information content (AvgIpc) is 3.22. The molecule has 2 unspecified atom stereocenters. The number of unbranched alkanes of at least 4 members (excludes halogenated alkanes) is 37. The summed E-state index contributed by atoms with van der Waals surface area (Å²) in [5.74, 6) is -0.0273. The van der Waals surface area contributed by atoms with Crippen molar-refractivity contribution in [3.05, 3.63) is 24.3 Å². The summed E-state index contributed by atoms with van der Waals surface area (Å²) < 4.78 is 0. The van der Waals surface area contributed by atoms with Crippen LogP contribution in [0.5, 0.6) is 0 Å². The van der Waals surface area contributed by atoms with Crippen molar-refractivity contribution in [3.63, 3.8) is 0 Å². The van der Waals surface area contributed by atoms with E-state index in [1.807, 2.05) is 0 Å². The summed E-state index contributed by atoms with van der Waals surface area (Å²) in [4.78, 5) is 12.5. The topological polar surface area (TPSA) is 69.6 Å². The summed E-state index contributed by atoms with van der Waals surface area (Å²) in [6, 6.07) is -0.534. The van der Waals surface area contributed by atoms with Gasteiger partial charge in [0.2, 0.25) is 5.91 Å². The summed E-state index contributed by atoms with van der Waals surface area (Å²) in [5, 5.41) is 23.3. The highest BCUT2D eigenvalue weighted by Gasteiger charge is 2.20. The minimum absolute atomic E-state index is 0.0273. The Morgan fingerprint density at radius 3 is 1.05 bits per heavy atom. The Balaban J connectivity index is 3.45. The third kappa shape index (κ3) is 45.8. The van der Waals surface area contributed by atoms with Crippen molar-refractivity contribution in [1.82, 2.24) is 5.32 Å². The number of amides is 1. The van der Waals surface area contributed by atoms with E-state index < -0.39 is 12.1 Å². The van der Waals surface area contributed by atoms with E-state index in [-0.39, 0.29) is 12.5 Å². The number of aliphatic hydroxyl groups excluding tert-OH is 2. The van der Waals surface area contributed by atoms with Crippen molar-refractivity contribution in [2.45, 2.75) is 302 Å². The second-order valence-corrected chi connectivity index (χ2v) is 17.9. The van der Waals surface area contributed by atoms with Gasteiger partial charge in [0.05, 0.1) is 18.8 Å². The molecule has 0 spiro atoms. The van der Waals surface area contributed by atoms with Gasteiger partial charge in [0.1, 0.15) is 0 Å². The number of hydrogen-bond acceptors (Lipinski definition) is 3. The molecule has 0 saturated heterocycles. The fourth-order valence-electron chi connectivity index (χ4n) is 8.22. The second-order valence-electron chi connectivity index (χ2n) is 17.9. The summed E-state index contributed by atoms with van der Waals surface area (Å²) in [6.45, 7) is 4.37.